The number of aromatic nitrogens is 2. The van der Waals surface area contributed by atoms with E-state index in [-0.39, 0.29) is 5.76 Å². The molecule has 2 aromatic carbocycles. The standard InChI is InChI=1S/C25H16N2O4/c28-22(24-13-16-7-1-4-11-23(16)31-24)15-30-25(29)18-14-21(20-10-5-6-12-26-20)27-19-9-3-2-8-17(18)19/h1-14H,15H2. The van der Waals surface area contributed by atoms with Crippen LogP contribution in [0, 0.1) is 0 Å². The van der Waals surface area contributed by atoms with Crippen LogP contribution >= 0.6 is 0 Å². The molecule has 6 heteroatoms. The number of para-hydroxylation sites is 2. The summed E-state index contributed by atoms with van der Waals surface area (Å²) >= 11 is 0. The van der Waals surface area contributed by atoms with Gasteiger partial charge in [0.2, 0.25) is 5.78 Å². The van der Waals surface area contributed by atoms with E-state index in [4.69, 9.17) is 9.15 Å². The lowest BCUT2D eigenvalue weighted by Crippen LogP contribution is -2.14. The molecule has 0 spiro atoms. The molecule has 0 atom stereocenters. The number of carbonyl (C=O) groups is 2. The van der Waals surface area contributed by atoms with Gasteiger partial charge >= 0.3 is 5.97 Å². The van der Waals surface area contributed by atoms with Gasteiger partial charge in [-0.2, -0.15) is 0 Å². The molecule has 150 valence electrons. The molecule has 0 amide bonds. The van der Waals surface area contributed by atoms with Crippen molar-refractivity contribution in [3.8, 4) is 11.4 Å². The average molecular weight is 408 g/mol. The second-order valence-electron chi connectivity index (χ2n) is 6.93. The molecule has 0 aliphatic carbocycles. The van der Waals surface area contributed by atoms with Crippen molar-refractivity contribution in [1.82, 2.24) is 9.97 Å². The van der Waals surface area contributed by atoms with Crippen LogP contribution in [0.5, 0.6) is 0 Å². The van der Waals surface area contributed by atoms with Gasteiger partial charge in [0.1, 0.15) is 5.58 Å². The van der Waals surface area contributed by atoms with Gasteiger partial charge in [-0.25, -0.2) is 9.78 Å². The summed E-state index contributed by atoms with van der Waals surface area (Å²) in [4.78, 5) is 34.3. The van der Waals surface area contributed by atoms with Crippen LogP contribution in [0.1, 0.15) is 20.9 Å². The van der Waals surface area contributed by atoms with Crippen molar-refractivity contribution in [1.29, 1.82) is 0 Å². The van der Waals surface area contributed by atoms with Crippen LogP contribution in [0.25, 0.3) is 33.3 Å². The number of rotatable bonds is 5. The number of hydrogen-bond donors (Lipinski definition) is 0. The summed E-state index contributed by atoms with van der Waals surface area (Å²) in [6.45, 7) is -0.422. The van der Waals surface area contributed by atoms with E-state index < -0.39 is 18.4 Å². The summed E-state index contributed by atoms with van der Waals surface area (Å²) in [5.74, 6) is -0.865. The quantitative estimate of drug-likeness (QED) is 0.298. The first-order valence-corrected chi connectivity index (χ1v) is 9.69. The number of carbonyl (C=O) groups excluding carboxylic acids is 2. The van der Waals surface area contributed by atoms with Gasteiger partial charge in [0.15, 0.2) is 12.4 Å². The Morgan fingerprint density at radius 3 is 2.52 bits per heavy atom. The highest BCUT2D eigenvalue weighted by atomic mass is 16.5. The van der Waals surface area contributed by atoms with Crippen molar-refractivity contribution in [3.63, 3.8) is 0 Å². The molecule has 0 bridgehead atoms. The van der Waals surface area contributed by atoms with Gasteiger partial charge in [-0.1, -0.05) is 42.5 Å². The third kappa shape index (κ3) is 3.67. The number of ether oxygens (including phenoxy) is 1. The Bertz CT molecular complexity index is 1390. The summed E-state index contributed by atoms with van der Waals surface area (Å²) in [5.41, 5.74) is 2.76. The topological polar surface area (TPSA) is 82.3 Å². The minimum absolute atomic E-state index is 0.155. The molecular formula is C25H16N2O4. The zero-order chi connectivity index (χ0) is 21.2. The molecular weight excluding hydrogens is 392 g/mol. The van der Waals surface area contributed by atoms with E-state index in [0.717, 1.165) is 5.39 Å². The summed E-state index contributed by atoms with van der Waals surface area (Å²) < 4.78 is 10.9. The van der Waals surface area contributed by atoms with Crippen LogP contribution in [-0.2, 0) is 4.74 Å². The molecule has 0 fully saturated rings. The second kappa shape index (κ2) is 7.84. The van der Waals surface area contributed by atoms with Crippen molar-refractivity contribution < 1.29 is 18.7 Å². The minimum Gasteiger partial charge on any atom is -0.454 e. The molecule has 3 aromatic heterocycles. The lowest BCUT2D eigenvalue weighted by molar-refractivity contribution is 0.0470. The van der Waals surface area contributed by atoms with Gasteiger partial charge in [-0.05, 0) is 36.4 Å². The zero-order valence-corrected chi connectivity index (χ0v) is 16.3. The van der Waals surface area contributed by atoms with E-state index in [2.05, 4.69) is 9.97 Å². The Kier molecular flexibility index (Phi) is 4.72. The number of Topliss-reactive ketones (excluding diaryl/α,β-unsaturated/α-hetero) is 1. The highest BCUT2D eigenvalue weighted by molar-refractivity contribution is 6.06. The Hall–Kier alpha value is -4.32. The first-order chi connectivity index (χ1) is 15.2. The van der Waals surface area contributed by atoms with Gasteiger partial charge < -0.3 is 9.15 Å². The molecule has 0 aliphatic heterocycles. The number of furan rings is 1. The molecule has 0 saturated carbocycles. The van der Waals surface area contributed by atoms with Crippen LogP contribution in [0.2, 0.25) is 0 Å². The Balaban J connectivity index is 1.43. The van der Waals surface area contributed by atoms with Gasteiger partial charge in [-0.15, -0.1) is 0 Å². The number of benzene rings is 2. The number of pyridine rings is 2. The van der Waals surface area contributed by atoms with Crippen molar-refractivity contribution in [2.24, 2.45) is 0 Å². The van der Waals surface area contributed by atoms with Crippen molar-refractivity contribution >= 4 is 33.6 Å². The first-order valence-electron chi connectivity index (χ1n) is 9.69. The fourth-order valence-electron chi connectivity index (χ4n) is 3.39. The smallest absolute Gasteiger partial charge is 0.339 e. The number of fused-ring (bicyclic) bond motifs is 2. The average Bonchev–Trinajstić information content (AvgIpc) is 3.26. The predicted octanol–water partition coefficient (Wildman–Crippen LogP) is 5.08. The van der Waals surface area contributed by atoms with E-state index in [1.54, 1.807) is 30.5 Å². The summed E-state index contributed by atoms with van der Waals surface area (Å²) in [6, 6.07) is 23.4. The second-order valence-corrected chi connectivity index (χ2v) is 6.93. The Morgan fingerprint density at radius 1 is 0.871 bits per heavy atom. The van der Waals surface area contributed by atoms with Crippen molar-refractivity contribution in [2.75, 3.05) is 6.61 Å². The van der Waals surface area contributed by atoms with Crippen LogP contribution in [0.4, 0.5) is 0 Å². The molecule has 5 rings (SSSR count). The van der Waals surface area contributed by atoms with Crippen LogP contribution in [0.3, 0.4) is 0 Å². The predicted molar refractivity (Wildman–Crippen MR) is 116 cm³/mol. The lowest BCUT2D eigenvalue weighted by Gasteiger charge is -2.09. The summed E-state index contributed by atoms with van der Waals surface area (Å²) in [6.07, 6.45) is 1.66. The fourth-order valence-corrected chi connectivity index (χ4v) is 3.39. The summed E-state index contributed by atoms with van der Waals surface area (Å²) in [7, 11) is 0. The fraction of sp³-hybridized carbons (Fsp3) is 0.0400. The molecule has 3 heterocycles. The van der Waals surface area contributed by atoms with Gasteiger partial charge in [0.05, 0.1) is 22.5 Å². The van der Waals surface area contributed by atoms with Gasteiger partial charge in [0.25, 0.3) is 0 Å². The van der Waals surface area contributed by atoms with Gasteiger partial charge in [0, 0.05) is 17.0 Å². The van der Waals surface area contributed by atoms with Crippen LogP contribution < -0.4 is 0 Å². The third-order valence-electron chi connectivity index (χ3n) is 4.90. The van der Waals surface area contributed by atoms with Crippen LogP contribution in [0.15, 0.2) is 89.5 Å². The minimum atomic E-state index is -0.611. The lowest BCUT2D eigenvalue weighted by atomic mass is 10.1. The van der Waals surface area contributed by atoms with E-state index in [0.29, 0.717) is 33.4 Å². The molecule has 6 nitrogen and oxygen atoms in total. The van der Waals surface area contributed by atoms with E-state index >= 15 is 0 Å². The molecule has 0 aliphatic rings. The Labute approximate surface area is 177 Å². The molecule has 0 N–H and O–H groups in total. The van der Waals surface area contributed by atoms with Gasteiger partial charge in [-0.3, -0.25) is 9.78 Å². The van der Waals surface area contributed by atoms with Crippen molar-refractivity contribution in [3.05, 3.63) is 96.4 Å². The molecule has 0 saturated heterocycles. The zero-order valence-electron chi connectivity index (χ0n) is 16.3. The maximum absolute atomic E-state index is 12.9. The maximum Gasteiger partial charge on any atom is 0.339 e. The highest BCUT2D eigenvalue weighted by Crippen LogP contribution is 2.25. The monoisotopic (exact) mass is 408 g/mol. The van der Waals surface area contributed by atoms with E-state index in [1.807, 2.05) is 54.6 Å². The SMILES string of the molecule is O=C(COC(=O)c1cc(-c2ccccn2)nc2ccccc12)c1cc2ccccc2o1. The first kappa shape index (κ1) is 18.7. The molecule has 0 radical (unpaired) electrons. The van der Waals surface area contributed by atoms with Crippen LogP contribution in [-0.4, -0.2) is 28.3 Å². The Morgan fingerprint density at radius 2 is 1.68 bits per heavy atom. The number of nitrogens with zero attached hydrogens (tertiary/aromatic N) is 2. The highest BCUT2D eigenvalue weighted by Gasteiger charge is 2.19. The largest absolute Gasteiger partial charge is 0.454 e. The number of hydrogen-bond acceptors (Lipinski definition) is 6. The van der Waals surface area contributed by atoms with E-state index in [9.17, 15) is 9.59 Å². The number of esters is 1. The third-order valence-corrected chi connectivity index (χ3v) is 4.90. The maximum atomic E-state index is 12.9. The molecule has 31 heavy (non-hydrogen) atoms. The van der Waals surface area contributed by atoms with E-state index in [1.165, 1.54) is 0 Å². The summed E-state index contributed by atoms with van der Waals surface area (Å²) in [5, 5.41) is 1.46. The van der Waals surface area contributed by atoms with Crippen molar-refractivity contribution in [2.45, 2.75) is 0 Å². The molecule has 0 unspecified atom stereocenters. The normalized spacial score (nSPS) is 11.0. The molecule has 5 aromatic rings. The number of ketones is 1.